The van der Waals surface area contributed by atoms with Gasteiger partial charge in [-0.25, -0.2) is 9.78 Å². The summed E-state index contributed by atoms with van der Waals surface area (Å²) in [7, 11) is 0. The van der Waals surface area contributed by atoms with Crippen LogP contribution in [0, 0.1) is 0 Å². The van der Waals surface area contributed by atoms with Crippen LogP contribution in [0.3, 0.4) is 0 Å². The number of aromatic nitrogens is 1. The van der Waals surface area contributed by atoms with Crippen molar-refractivity contribution < 1.29 is 9.53 Å². The molecule has 0 aliphatic heterocycles. The van der Waals surface area contributed by atoms with E-state index in [0.717, 1.165) is 46.7 Å². The molecule has 0 unspecified atom stereocenters. The molecule has 146 valence electrons. The van der Waals surface area contributed by atoms with Crippen LogP contribution in [0.4, 0.5) is 10.6 Å². The Balaban J connectivity index is 1.61. The maximum absolute atomic E-state index is 11.9. The topological polar surface area (TPSA) is 63.2 Å². The second-order valence-electron chi connectivity index (χ2n) is 8.00. The molecule has 0 saturated heterocycles. The monoisotopic (exact) mass is 453 g/mol. The number of alkyl carbamates (subject to hydrolysis) is 1. The fraction of sp³-hybridized carbons (Fsp3) is 0.500. The maximum atomic E-state index is 11.9. The molecule has 1 saturated carbocycles. The lowest BCUT2D eigenvalue weighted by molar-refractivity contribution is 0.0492. The molecular formula is C20H25BrClN3O2. The number of nitrogens with one attached hydrogen (secondary N) is 2. The molecule has 0 spiro atoms. The van der Waals surface area contributed by atoms with Gasteiger partial charge in [-0.15, -0.1) is 0 Å². The fourth-order valence-electron chi connectivity index (χ4n) is 3.35. The number of ether oxygens (including phenoxy) is 1. The van der Waals surface area contributed by atoms with Gasteiger partial charge in [0.25, 0.3) is 0 Å². The van der Waals surface area contributed by atoms with Crippen molar-refractivity contribution >= 4 is 50.2 Å². The summed E-state index contributed by atoms with van der Waals surface area (Å²) in [5.41, 5.74) is -0.476. The first-order valence-corrected chi connectivity index (χ1v) is 10.4. The summed E-state index contributed by atoms with van der Waals surface area (Å²) in [5, 5.41) is 9.10. The standard InChI is InChI=1S/C20H25BrClN3O2/c1-20(2,3)27-19(26)24-15-8-6-14(7-9-15)23-18-16-11-13(21)5-4-12(16)10-17(22)25-18/h4-5,10-11,14-15H,6-9H2,1-3H3,(H,23,25)(H,24,26). The number of fused-ring (bicyclic) bond motifs is 1. The molecule has 1 aromatic heterocycles. The smallest absolute Gasteiger partial charge is 0.407 e. The van der Waals surface area contributed by atoms with Crippen LogP contribution in [0.5, 0.6) is 0 Å². The molecule has 1 aromatic carbocycles. The average Bonchev–Trinajstić information content (AvgIpc) is 2.55. The SMILES string of the molecule is CC(C)(C)OC(=O)NC1CCC(Nc2nc(Cl)cc3ccc(Br)cc23)CC1. The normalized spacial score (nSPS) is 20.3. The van der Waals surface area contributed by atoms with Gasteiger partial charge in [0.1, 0.15) is 16.6 Å². The van der Waals surface area contributed by atoms with Crippen molar-refractivity contribution in [3.05, 3.63) is 33.9 Å². The van der Waals surface area contributed by atoms with Gasteiger partial charge >= 0.3 is 6.09 Å². The summed E-state index contributed by atoms with van der Waals surface area (Å²) in [4.78, 5) is 16.4. The van der Waals surface area contributed by atoms with Gasteiger partial charge < -0.3 is 15.4 Å². The van der Waals surface area contributed by atoms with Crippen molar-refractivity contribution in [2.24, 2.45) is 0 Å². The van der Waals surface area contributed by atoms with Gasteiger partial charge in [-0.3, -0.25) is 0 Å². The van der Waals surface area contributed by atoms with E-state index in [0.29, 0.717) is 11.2 Å². The molecule has 2 N–H and O–H groups in total. The number of amides is 1. The number of benzene rings is 1. The van der Waals surface area contributed by atoms with Gasteiger partial charge in [0, 0.05) is 21.9 Å². The van der Waals surface area contributed by atoms with E-state index < -0.39 is 5.60 Å². The molecule has 1 aliphatic rings. The van der Waals surface area contributed by atoms with Crippen LogP contribution in [0.1, 0.15) is 46.5 Å². The first-order valence-electron chi connectivity index (χ1n) is 9.21. The second-order valence-corrected chi connectivity index (χ2v) is 9.30. The molecule has 5 nitrogen and oxygen atoms in total. The van der Waals surface area contributed by atoms with Crippen molar-refractivity contribution in [2.75, 3.05) is 5.32 Å². The first kappa shape index (κ1) is 20.2. The largest absolute Gasteiger partial charge is 0.444 e. The quantitative estimate of drug-likeness (QED) is 0.567. The highest BCUT2D eigenvalue weighted by Crippen LogP contribution is 2.30. The number of hydrogen-bond donors (Lipinski definition) is 2. The van der Waals surface area contributed by atoms with Crippen LogP contribution in [0.15, 0.2) is 28.7 Å². The van der Waals surface area contributed by atoms with Crippen molar-refractivity contribution in [3.63, 3.8) is 0 Å². The lowest BCUT2D eigenvalue weighted by Crippen LogP contribution is -2.42. The van der Waals surface area contributed by atoms with E-state index in [4.69, 9.17) is 16.3 Å². The van der Waals surface area contributed by atoms with E-state index in [2.05, 4.69) is 37.6 Å². The highest BCUT2D eigenvalue weighted by atomic mass is 79.9. The van der Waals surface area contributed by atoms with Crippen LogP contribution in [-0.4, -0.2) is 28.8 Å². The summed E-state index contributed by atoms with van der Waals surface area (Å²) in [6.07, 6.45) is 3.36. The van der Waals surface area contributed by atoms with Crippen LogP contribution >= 0.6 is 27.5 Å². The Kier molecular flexibility index (Phi) is 6.16. The highest BCUT2D eigenvalue weighted by Gasteiger charge is 2.25. The Morgan fingerprint density at radius 2 is 1.85 bits per heavy atom. The molecule has 2 aromatic rings. The molecule has 1 fully saturated rings. The number of nitrogens with zero attached hydrogens (tertiary/aromatic N) is 1. The second kappa shape index (κ2) is 8.23. The Hall–Kier alpha value is -1.53. The van der Waals surface area contributed by atoms with Gasteiger partial charge in [-0.2, -0.15) is 0 Å². The number of anilines is 1. The lowest BCUT2D eigenvalue weighted by Gasteiger charge is -2.31. The average molecular weight is 455 g/mol. The van der Waals surface area contributed by atoms with Crippen LogP contribution in [0.2, 0.25) is 5.15 Å². The number of pyridine rings is 1. The highest BCUT2D eigenvalue weighted by molar-refractivity contribution is 9.10. The maximum Gasteiger partial charge on any atom is 0.407 e. The fourth-order valence-corrected chi connectivity index (χ4v) is 3.91. The number of carbonyl (C=O) groups is 1. The van der Waals surface area contributed by atoms with Gasteiger partial charge in [0.05, 0.1) is 0 Å². The van der Waals surface area contributed by atoms with E-state index >= 15 is 0 Å². The van der Waals surface area contributed by atoms with E-state index in [1.54, 1.807) is 0 Å². The van der Waals surface area contributed by atoms with Gasteiger partial charge in [-0.1, -0.05) is 33.6 Å². The third-order valence-electron chi connectivity index (χ3n) is 4.55. The van der Waals surface area contributed by atoms with E-state index in [1.807, 2.05) is 39.0 Å². The Morgan fingerprint density at radius 3 is 2.52 bits per heavy atom. The number of hydrogen-bond acceptors (Lipinski definition) is 4. The van der Waals surface area contributed by atoms with E-state index in [1.165, 1.54) is 0 Å². The zero-order valence-electron chi connectivity index (χ0n) is 15.8. The molecule has 1 heterocycles. The minimum atomic E-state index is -0.476. The van der Waals surface area contributed by atoms with Gasteiger partial charge in [0.15, 0.2) is 0 Å². The van der Waals surface area contributed by atoms with Crippen molar-refractivity contribution in [3.8, 4) is 0 Å². The van der Waals surface area contributed by atoms with Gasteiger partial charge in [-0.05, 0) is 70.0 Å². The first-order chi connectivity index (χ1) is 12.7. The molecule has 1 amide bonds. The zero-order valence-corrected chi connectivity index (χ0v) is 18.2. The van der Waals surface area contributed by atoms with Gasteiger partial charge in [0.2, 0.25) is 0 Å². The van der Waals surface area contributed by atoms with Crippen LogP contribution in [0.25, 0.3) is 10.8 Å². The molecule has 0 atom stereocenters. The summed E-state index contributed by atoms with van der Waals surface area (Å²) in [6, 6.07) is 8.40. The van der Waals surface area contributed by atoms with E-state index in [9.17, 15) is 4.79 Å². The summed E-state index contributed by atoms with van der Waals surface area (Å²) >= 11 is 9.71. The molecule has 3 rings (SSSR count). The molecule has 7 heteroatoms. The number of halogens is 2. The molecular weight excluding hydrogens is 430 g/mol. The molecule has 0 radical (unpaired) electrons. The third kappa shape index (κ3) is 5.72. The third-order valence-corrected chi connectivity index (χ3v) is 5.24. The predicted octanol–water partition coefficient (Wildman–Crippen LogP) is 5.90. The van der Waals surface area contributed by atoms with Crippen LogP contribution < -0.4 is 10.6 Å². The van der Waals surface area contributed by atoms with E-state index in [-0.39, 0.29) is 12.1 Å². The summed E-state index contributed by atoms with van der Waals surface area (Å²) < 4.78 is 6.35. The minimum Gasteiger partial charge on any atom is -0.444 e. The molecule has 1 aliphatic carbocycles. The minimum absolute atomic E-state index is 0.149. The number of rotatable bonds is 3. The Labute approximate surface area is 173 Å². The predicted molar refractivity (Wildman–Crippen MR) is 113 cm³/mol. The number of carbonyl (C=O) groups excluding carboxylic acids is 1. The van der Waals surface area contributed by atoms with Crippen molar-refractivity contribution in [1.29, 1.82) is 0 Å². The zero-order chi connectivity index (χ0) is 19.6. The Bertz CT molecular complexity index is 830. The lowest BCUT2D eigenvalue weighted by atomic mass is 9.91. The van der Waals surface area contributed by atoms with Crippen molar-refractivity contribution in [1.82, 2.24) is 10.3 Å². The summed E-state index contributed by atoms with van der Waals surface area (Å²) in [5.74, 6) is 0.808. The molecule has 27 heavy (non-hydrogen) atoms. The van der Waals surface area contributed by atoms with Crippen LogP contribution in [-0.2, 0) is 4.74 Å². The Morgan fingerprint density at radius 1 is 1.19 bits per heavy atom. The molecule has 0 bridgehead atoms. The summed E-state index contributed by atoms with van der Waals surface area (Å²) in [6.45, 7) is 5.61. The van der Waals surface area contributed by atoms with Crippen molar-refractivity contribution in [2.45, 2.75) is 64.1 Å².